The molecule has 0 bridgehead atoms. The number of carbonyl (C=O) groups excluding carboxylic acids is 2. The molecule has 8 nitrogen and oxygen atoms in total. The zero-order valence-electron chi connectivity index (χ0n) is 16.9. The number of hydrogen-bond acceptors (Lipinski definition) is 5. The Labute approximate surface area is 185 Å². The van der Waals surface area contributed by atoms with E-state index in [1.165, 1.54) is 27.4 Å². The molecule has 2 aliphatic heterocycles. The first-order chi connectivity index (χ1) is 14.8. The summed E-state index contributed by atoms with van der Waals surface area (Å²) in [6, 6.07) is 9.60. The molecule has 31 heavy (non-hydrogen) atoms. The largest absolute Gasteiger partial charge is 0.482 e. The van der Waals surface area contributed by atoms with Crippen LogP contribution in [0.15, 0.2) is 41.3 Å². The molecule has 2 amide bonds. The quantitative estimate of drug-likeness (QED) is 0.735. The maximum atomic E-state index is 12.9. The Morgan fingerprint density at radius 2 is 1.90 bits per heavy atom. The van der Waals surface area contributed by atoms with Crippen LogP contribution < -0.4 is 15.0 Å². The minimum Gasteiger partial charge on any atom is -0.482 e. The summed E-state index contributed by atoms with van der Waals surface area (Å²) in [5, 5.41) is 3.08. The molecule has 0 aliphatic carbocycles. The summed E-state index contributed by atoms with van der Waals surface area (Å²) >= 11 is 6.17. The van der Waals surface area contributed by atoms with Crippen molar-refractivity contribution in [2.24, 2.45) is 0 Å². The van der Waals surface area contributed by atoms with Gasteiger partial charge in [-0.3, -0.25) is 14.5 Å². The Morgan fingerprint density at radius 3 is 2.61 bits per heavy atom. The van der Waals surface area contributed by atoms with Gasteiger partial charge in [0.05, 0.1) is 21.3 Å². The van der Waals surface area contributed by atoms with Crippen LogP contribution in [-0.4, -0.2) is 50.8 Å². The summed E-state index contributed by atoms with van der Waals surface area (Å²) in [5.74, 6) is -0.547. The summed E-state index contributed by atoms with van der Waals surface area (Å²) in [4.78, 5) is 26.4. The average Bonchev–Trinajstić information content (AvgIpc) is 3.28. The number of aryl methyl sites for hydroxylation is 1. The predicted molar refractivity (Wildman–Crippen MR) is 117 cm³/mol. The van der Waals surface area contributed by atoms with E-state index in [2.05, 4.69) is 5.32 Å². The third kappa shape index (κ3) is 4.39. The van der Waals surface area contributed by atoms with Crippen molar-refractivity contribution in [3.63, 3.8) is 0 Å². The zero-order chi connectivity index (χ0) is 22.2. The second kappa shape index (κ2) is 8.49. The summed E-state index contributed by atoms with van der Waals surface area (Å²) in [5.41, 5.74) is 1.64. The molecule has 10 heteroatoms. The van der Waals surface area contributed by atoms with Crippen molar-refractivity contribution < 1.29 is 22.7 Å². The summed E-state index contributed by atoms with van der Waals surface area (Å²) in [6.45, 7) is 2.29. The number of halogens is 1. The van der Waals surface area contributed by atoms with E-state index in [1.807, 2.05) is 13.0 Å². The fourth-order valence-corrected chi connectivity index (χ4v) is 5.47. The van der Waals surface area contributed by atoms with Crippen LogP contribution in [-0.2, 0) is 19.6 Å². The van der Waals surface area contributed by atoms with Crippen LogP contribution in [0.4, 0.5) is 11.4 Å². The molecule has 0 aromatic heterocycles. The standard InChI is InChI=1S/C21H22ClN3O5S/c1-14-4-6-17(16(22)10-14)23-20(26)12-25-18-11-15(5-7-19(18)30-13-21(25)27)31(28,29)24-8-2-3-9-24/h4-7,10-11H,2-3,8-9,12-13H2,1H3,(H,23,26). The third-order valence-corrected chi connectivity index (χ3v) is 7.48. The van der Waals surface area contributed by atoms with Gasteiger partial charge in [0.15, 0.2) is 6.61 Å². The van der Waals surface area contributed by atoms with Crippen LogP contribution >= 0.6 is 11.6 Å². The van der Waals surface area contributed by atoms with Crippen molar-refractivity contribution in [3.8, 4) is 5.75 Å². The highest BCUT2D eigenvalue weighted by Gasteiger charge is 2.32. The first-order valence-corrected chi connectivity index (χ1v) is 11.7. The molecule has 1 fully saturated rings. The van der Waals surface area contributed by atoms with Crippen molar-refractivity contribution in [2.45, 2.75) is 24.7 Å². The fourth-order valence-electron chi connectivity index (χ4n) is 3.65. The first kappa shape index (κ1) is 21.6. The number of nitrogens with zero attached hydrogens (tertiary/aromatic N) is 2. The van der Waals surface area contributed by atoms with E-state index in [1.54, 1.807) is 12.1 Å². The number of anilines is 2. The maximum Gasteiger partial charge on any atom is 0.265 e. The number of nitrogens with one attached hydrogen (secondary N) is 1. The summed E-state index contributed by atoms with van der Waals surface area (Å²) < 4.78 is 32.7. The van der Waals surface area contributed by atoms with Gasteiger partial charge in [-0.1, -0.05) is 17.7 Å². The van der Waals surface area contributed by atoms with Gasteiger partial charge in [-0.25, -0.2) is 8.42 Å². The average molecular weight is 464 g/mol. The monoisotopic (exact) mass is 463 g/mol. The molecule has 164 valence electrons. The minimum absolute atomic E-state index is 0.0680. The van der Waals surface area contributed by atoms with E-state index >= 15 is 0 Å². The molecule has 2 heterocycles. The molecule has 2 aromatic rings. The van der Waals surface area contributed by atoms with Gasteiger partial charge in [0.25, 0.3) is 5.91 Å². The van der Waals surface area contributed by atoms with Gasteiger partial charge in [-0.2, -0.15) is 4.31 Å². The highest BCUT2D eigenvalue weighted by molar-refractivity contribution is 7.89. The smallest absolute Gasteiger partial charge is 0.265 e. The van der Waals surface area contributed by atoms with Gasteiger partial charge in [0, 0.05) is 13.1 Å². The van der Waals surface area contributed by atoms with E-state index in [9.17, 15) is 18.0 Å². The Hall–Kier alpha value is -2.62. The van der Waals surface area contributed by atoms with Crippen molar-refractivity contribution in [1.29, 1.82) is 0 Å². The number of benzene rings is 2. The number of carbonyl (C=O) groups is 2. The number of ether oxygens (including phenoxy) is 1. The van der Waals surface area contributed by atoms with Crippen LogP contribution in [0.5, 0.6) is 5.75 Å². The van der Waals surface area contributed by atoms with Gasteiger partial charge in [0.2, 0.25) is 15.9 Å². The van der Waals surface area contributed by atoms with E-state index in [0.29, 0.717) is 29.5 Å². The molecule has 0 radical (unpaired) electrons. The van der Waals surface area contributed by atoms with Crippen molar-refractivity contribution in [2.75, 3.05) is 36.5 Å². The van der Waals surface area contributed by atoms with Gasteiger partial charge in [-0.05, 0) is 55.7 Å². The number of fused-ring (bicyclic) bond motifs is 1. The first-order valence-electron chi connectivity index (χ1n) is 9.89. The van der Waals surface area contributed by atoms with E-state index in [0.717, 1.165) is 18.4 Å². The third-order valence-electron chi connectivity index (χ3n) is 5.28. The highest BCUT2D eigenvalue weighted by Crippen LogP contribution is 2.35. The minimum atomic E-state index is -3.68. The molecule has 2 aromatic carbocycles. The van der Waals surface area contributed by atoms with E-state index in [-0.39, 0.29) is 23.7 Å². The molecule has 2 aliphatic rings. The lowest BCUT2D eigenvalue weighted by Gasteiger charge is -2.29. The molecular weight excluding hydrogens is 442 g/mol. The normalized spacial score (nSPS) is 16.7. The Balaban J connectivity index is 1.59. The van der Waals surface area contributed by atoms with Gasteiger partial charge in [0.1, 0.15) is 12.3 Å². The molecule has 0 atom stereocenters. The van der Waals surface area contributed by atoms with Gasteiger partial charge in [-0.15, -0.1) is 0 Å². The van der Waals surface area contributed by atoms with E-state index in [4.69, 9.17) is 16.3 Å². The maximum absolute atomic E-state index is 12.9. The van der Waals surface area contributed by atoms with E-state index < -0.39 is 21.8 Å². The Kier molecular flexibility index (Phi) is 5.92. The van der Waals surface area contributed by atoms with Crippen molar-refractivity contribution in [1.82, 2.24) is 4.31 Å². The lowest BCUT2D eigenvalue weighted by atomic mass is 10.2. The molecule has 1 N–H and O–H groups in total. The second-order valence-electron chi connectivity index (χ2n) is 7.54. The lowest BCUT2D eigenvalue weighted by Crippen LogP contribution is -2.43. The van der Waals surface area contributed by atoms with Crippen molar-refractivity contribution in [3.05, 3.63) is 47.0 Å². The highest BCUT2D eigenvalue weighted by atomic mass is 35.5. The van der Waals surface area contributed by atoms with Crippen LogP contribution in [0.3, 0.4) is 0 Å². The fraction of sp³-hybridized carbons (Fsp3) is 0.333. The summed E-state index contributed by atoms with van der Waals surface area (Å²) in [7, 11) is -3.68. The molecule has 4 rings (SSSR count). The van der Waals surface area contributed by atoms with Crippen LogP contribution in [0.25, 0.3) is 0 Å². The van der Waals surface area contributed by atoms with Gasteiger partial charge >= 0.3 is 0 Å². The number of sulfonamides is 1. The Morgan fingerprint density at radius 1 is 1.16 bits per heavy atom. The number of amides is 2. The topological polar surface area (TPSA) is 96.0 Å². The molecule has 0 spiro atoms. The molecule has 0 saturated carbocycles. The predicted octanol–water partition coefficient (Wildman–Crippen LogP) is 2.80. The van der Waals surface area contributed by atoms with Crippen LogP contribution in [0.2, 0.25) is 5.02 Å². The van der Waals surface area contributed by atoms with Crippen molar-refractivity contribution >= 4 is 44.8 Å². The Bertz CT molecular complexity index is 1150. The SMILES string of the molecule is Cc1ccc(NC(=O)CN2C(=O)COc3ccc(S(=O)(=O)N4CCCC4)cc32)c(Cl)c1. The molecular formula is C21H22ClN3O5S. The number of hydrogen-bond donors (Lipinski definition) is 1. The van der Waals surface area contributed by atoms with Crippen LogP contribution in [0.1, 0.15) is 18.4 Å². The molecule has 1 saturated heterocycles. The zero-order valence-corrected chi connectivity index (χ0v) is 18.5. The molecule has 0 unspecified atom stereocenters. The van der Waals surface area contributed by atoms with Crippen LogP contribution in [0, 0.1) is 6.92 Å². The summed E-state index contributed by atoms with van der Waals surface area (Å²) in [6.07, 6.45) is 1.64. The number of rotatable bonds is 5. The lowest BCUT2D eigenvalue weighted by molar-refractivity contribution is -0.123. The second-order valence-corrected chi connectivity index (χ2v) is 9.89. The van der Waals surface area contributed by atoms with Gasteiger partial charge < -0.3 is 10.1 Å².